The van der Waals surface area contributed by atoms with E-state index in [4.69, 9.17) is 16.7 Å². The molecule has 0 spiro atoms. The number of carbonyl (C=O) groups is 3. The zero-order chi connectivity index (χ0) is 15.5. The van der Waals surface area contributed by atoms with Crippen molar-refractivity contribution in [3.63, 3.8) is 0 Å². The van der Waals surface area contributed by atoms with Gasteiger partial charge in [0.05, 0.1) is 17.0 Å². The maximum Gasteiger partial charge on any atom is 0.450 e. The van der Waals surface area contributed by atoms with Gasteiger partial charge >= 0.3 is 12.1 Å². The lowest BCUT2D eigenvalue weighted by molar-refractivity contribution is -0.171. The first-order valence-corrected chi connectivity index (χ1v) is 5.42. The predicted octanol–water partition coefficient (Wildman–Crippen LogP) is 2.50. The van der Waals surface area contributed by atoms with Crippen molar-refractivity contribution in [3.05, 3.63) is 28.8 Å². The molecule has 0 fully saturated rings. The fourth-order valence-corrected chi connectivity index (χ4v) is 1.42. The number of carboxylic acids is 1. The zero-order valence-corrected chi connectivity index (χ0v) is 10.4. The standard InChI is InChI=1S/C11H7ClF3NO4/c12-7-2-1-5(3-6(7)10(19)20)16-9(18)4-8(17)11(13,14)15/h1-3H,4H2,(H,16,18)(H,19,20). The van der Waals surface area contributed by atoms with Crippen LogP contribution in [-0.2, 0) is 9.59 Å². The molecule has 0 saturated heterocycles. The molecule has 1 rings (SSSR count). The summed E-state index contributed by atoms with van der Waals surface area (Å²) < 4.78 is 35.8. The number of hydrogen-bond donors (Lipinski definition) is 2. The van der Waals surface area contributed by atoms with Crippen LogP contribution in [0, 0.1) is 0 Å². The van der Waals surface area contributed by atoms with Crippen LogP contribution in [0.2, 0.25) is 5.02 Å². The number of ketones is 1. The summed E-state index contributed by atoms with van der Waals surface area (Å²) >= 11 is 5.58. The number of hydrogen-bond acceptors (Lipinski definition) is 3. The molecule has 2 N–H and O–H groups in total. The quantitative estimate of drug-likeness (QED) is 0.837. The fourth-order valence-electron chi connectivity index (χ4n) is 1.22. The van der Waals surface area contributed by atoms with Crippen molar-refractivity contribution < 1.29 is 32.7 Å². The molecule has 0 unspecified atom stereocenters. The molecule has 9 heteroatoms. The molecule has 1 aromatic carbocycles. The monoisotopic (exact) mass is 309 g/mol. The van der Waals surface area contributed by atoms with Crippen molar-refractivity contribution in [2.24, 2.45) is 0 Å². The lowest BCUT2D eigenvalue weighted by Gasteiger charge is -2.08. The van der Waals surface area contributed by atoms with E-state index >= 15 is 0 Å². The number of benzene rings is 1. The summed E-state index contributed by atoms with van der Waals surface area (Å²) in [5.41, 5.74) is -0.404. The molecular weight excluding hydrogens is 303 g/mol. The molecule has 1 aromatic rings. The molecule has 0 aliphatic rings. The van der Waals surface area contributed by atoms with Crippen LogP contribution >= 0.6 is 11.6 Å². The van der Waals surface area contributed by atoms with Crippen molar-refractivity contribution in [2.75, 3.05) is 5.32 Å². The Morgan fingerprint density at radius 2 is 1.85 bits per heavy atom. The highest BCUT2D eigenvalue weighted by Crippen LogP contribution is 2.22. The van der Waals surface area contributed by atoms with Crippen molar-refractivity contribution in [1.82, 2.24) is 0 Å². The molecule has 0 aromatic heterocycles. The zero-order valence-electron chi connectivity index (χ0n) is 9.62. The molecule has 5 nitrogen and oxygen atoms in total. The summed E-state index contributed by atoms with van der Waals surface area (Å²) in [7, 11) is 0. The highest BCUT2D eigenvalue weighted by atomic mass is 35.5. The van der Waals surface area contributed by atoms with Gasteiger partial charge in [0.1, 0.15) is 0 Å². The maximum absolute atomic E-state index is 11.9. The van der Waals surface area contributed by atoms with Crippen LogP contribution in [0.5, 0.6) is 0 Å². The second kappa shape index (κ2) is 5.91. The first-order valence-electron chi connectivity index (χ1n) is 5.04. The summed E-state index contributed by atoms with van der Waals surface area (Å²) in [4.78, 5) is 32.6. The Labute approximate surface area is 115 Å². The van der Waals surface area contributed by atoms with Gasteiger partial charge in [-0.3, -0.25) is 9.59 Å². The second-order valence-electron chi connectivity index (χ2n) is 3.65. The number of nitrogens with one attached hydrogen (secondary N) is 1. The van der Waals surface area contributed by atoms with E-state index in [1.54, 1.807) is 0 Å². The van der Waals surface area contributed by atoms with Crippen molar-refractivity contribution in [2.45, 2.75) is 12.6 Å². The van der Waals surface area contributed by atoms with Crippen LogP contribution in [0.15, 0.2) is 18.2 Å². The molecule has 0 aliphatic heterocycles. The Hall–Kier alpha value is -2.09. The first kappa shape index (κ1) is 16.0. The minimum atomic E-state index is -5.09. The van der Waals surface area contributed by atoms with E-state index in [9.17, 15) is 27.6 Å². The molecule has 0 bridgehead atoms. The van der Waals surface area contributed by atoms with Gasteiger partial charge in [0.15, 0.2) is 0 Å². The third-order valence-corrected chi connectivity index (χ3v) is 2.45. The lowest BCUT2D eigenvalue weighted by atomic mass is 10.2. The smallest absolute Gasteiger partial charge is 0.450 e. The average Bonchev–Trinajstić information content (AvgIpc) is 2.29. The highest BCUT2D eigenvalue weighted by molar-refractivity contribution is 6.33. The third kappa shape index (κ3) is 4.23. The molecule has 0 saturated carbocycles. The molecule has 0 radical (unpaired) electrons. The van der Waals surface area contributed by atoms with E-state index in [2.05, 4.69) is 0 Å². The van der Waals surface area contributed by atoms with Crippen LogP contribution < -0.4 is 5.32 Å². The van der Waals surface area contributed by atoms with Gasteiger partial charge in [0.25, 0.3) is 0 Å². The van der Waals surface area contributed by atoms with Gasteiger partial charge < -0.3 is 10.4 Å². The largest absolute Gasteiger partial charge is 0.478 e. The van der Waals surface area contributed by atoms with Crippen LogP contribution in [0.4, 0.5) is 18.9 Å². The lowest BCUT2D eigenvalue weighted by Crippen LogP contribution is -2.27. The van der Waals surface area contributed by atoms with Crippen LogP contribution in [-0.4, -0.2) is 28.9 Å². The number of Topliss-reactive ketones (excluding diaryl/α,β-unsaturated/α-hetero) is 1. The Bertz CT molecular complexity index is 571. The molecule has 0 aliphatic carbocycles. The number of carboxylic acid groups (broad SMARTS) is 1. The third-order valence-electron chi connectivity index (χ3n) is 2.12. The van der Waals surface area contributed by atoms with Gasteiger partial charge in [0, 0.05) is 5.69 Å². The van der Waals surface area contributed by atoms with Gasteiger partial charge in [0.2, 0.25) is 11.7 Å². The van der Waals surface area contributed by atoms with Gasteiger partial charge in [-0.25, -0.2) is 4.79 Å². The average molecular weight is 310 g/mol. The summed E-state index contributed by atoms with van der Waals surface area (Å²) in [6, 6.07) is 3.33. The van der Waals surface area contributed by atoms with E-state index in [1.807, 2.05) is 5.32 Å². The highest BCUT2D eigenvalue weighted by Gasteiger charge is 2.39. The molecule has 1 amide bonds. The Morgan fingerprint density at radius 3 is 2.35 bits per heavy atom. The summed E-state index contributed by atoms with van der Waals surface area (Å²) in [5, 5.41) is 10.7. The number of halogens is 4. The normalized spacial score (nSPS) is 11.0. The Balaban J connectivity index is 2.79. The van der Waals surface area contributed by atoms with Gasteiger partial charge in [-0.2, -0.15) is 13.2 Å². The van der Waals surface area contributed by atoms with E-state index < -0.39 is 30.3 Å². The SMILES string of the molecule is O=C(CC(=O)C(F)(F)F)Nc1ccc(Cl)c(C(=O)O)c1. The number of anilines is 1. The topological polar surface area (TPSA) is 83.5 Å². The fraction of sp³-hybridized carbons (Fsp3) is 0.182. The maximum atomic E-state index is 11.9. The number of alkyl halides is 3. The summed E-state index contributed by atoms with van der Waals surface area (Å²) in [5.74, 6) is -4.76. The van der Waals surface area contributed by atoms with Crippen molar-refractivity contribution in [3.8, 4) is 0 Å². The molecule has 108 valence electrons. The summed E-state index contributed by atoms with van der Waals surface area (Å²) in [6.07, 6.45) is -6.47. The van der Waals surface area contributed by atoms with Gasteiger partial charge in [-0.15, -0.1) is 0 Å². The second-order valence-corrected chi connectivity index (χ2v) is 4.05. The van der Waals surface area contributed by atoms with Crippen LogP contribution in [0.1, 0.15) is 16.8 Å². The number of carbonyl (C=O) groups excluding carboxylic acids is 2. The number of aromatic carboxylic acids is 1. The molecule has 0 atom stereocenters. The minimum absolute atomic E-state index is 0.0771. The molecule has 0 heterocycles. The van der Waals surface area contributed by atoms with E-state index in [0.717, 1.165) is 12.1 Å². The number of rotatable bonds is 4. The van der Waals surface area contributed by atoms with Crippen molar-refractivity contribution >= 4 is 34.9 Å². The summed E-state index contributed by atoms with van der Waals surface area (Å²) in [6.45, 7) is 0. The van der Waals surface area contributed by atoms with Gasteiger partial charge in [-0.1, -0.05) is 11.6 Å². The van der Waals surface area contributed by atoms with E-state index in [-0.39, 0.29) is 16.3 Å². The van der Waals surface area contributed by atoms with Crippen LogP contribution in [0.25, 0.3) is 0 Å². The van der Waals surface area contributed by atoms with E-state index in [0.29, 0.717) is 0 Å². The molecular formula is C11H7ClF3NO4. The number of amides is 1. The van der Waals surface area contributed by atoms with Crippen molar-refractivity contribution in [1.29, 1.82) is 0 Å². The minimum Gasteiger partial charge on any atom is -0.478 e. The predicted molar refractivity (Wildman–Crippen MR) is 62.7 cm³/mol. The Kier molecular flexibility index (Phi) is 4.72. The van der Waals surface area contributed by atoms with Gasteiger partial charge in [-0.05, 0) is 18.2 Å². The van der Waals surface area contributed by atoms with E-state index in [1.165, 1.54) is 6.07 Å². The Morgan fingerprint density at radius 1 is 1.25 bits per heavy atom. The molecule has 20 heavy (non-hydrogen) atoms. The van der Waals surface area contributed by atoms with Crippen LogP contribution in [0.3, 0.4) is 0 Å². The first-order chi connectivity index (χ1) is 9.11.